The Labute approximate surface area is 172 Å². The quantitative estimate of drug-likeness (QED) is 0.657. The van der Waals surface area contributed by atoms with Crippen LogP contribution in [0.5, 0.6) is 0 Å². The Balaban J connectivity index is 2.50. The van der Waals surface area contributed by atoms with Crippen LogP contribution in [0.25, 0.3) is 0 Å². The van der Waals surface area contributed by atoms with E-state index in [1.54, 1.807) is 24.3 Å². The molecule has 0 aliphatic heterocycles. The van der Waals surface area contributed by atoms with E-state index in [0.29, 0.717) is 23.7 Å². The zero-order valence-corrected chi connectivity index (χ0v) is 18.8. The summed E-state index contributed by atoms with van der Waals surface area (Å²) in [6.07, 6.45) is 0. The van der Waals surface area contributed by atoms with E-state index in [-0.39, 0.29) is 10.8 Å². The van der Waals surface area contributed by atoms with Gasteiger partial charge in [0, 0.05) is 31.1 Å². The molecule has 0 bridgehead atoms. The molecule has 0 unspecified atom stereocenters. The second-order valence-electron chi connectivity index (χ2n) is 6.30. The minimum atomic E-state index is -3.61. The molecular weight excluding hydrogens is 394 g/mol. The van der Waals surface area contributed by atoms with Gasteiger partial charge in [0.2, 0.25) is 10.0 Å². The molecule has 0 aliphatic rings. The first-order valence-electron chi connectivity index (χ1n) is 9.55. The average molecular weight is 424 g/mol. The fourth-order valence-electron chi connectivity index (χ4n) is 3.07. The number of benzene rings is 1. The van der Waals surface area contributed by atoms with E-state index in [9.17, 15) is 13.2 Å². The van der Waals surface area contributed by atoms with Crippen molar-refractivity contribution in [3.8, 4) is 0 Å². The molecule has 1 aromatic heterocycles. The maximum Gasteiger partial charge on any atom is 0.265 e. The van der Waals surface area contributed by atoms with E-state index in [1.807, 2.05) is 40.7 Å². The summed E-state index contributed by atoms with van der Waals surface area (Å²) >= 11 is 1.41. The van der Waals surface area contributed by atoms with Gasteiger partial charge in [-0.15, -0.1) is 11.3 Å². The highest BCUT2D eigenvalue weighted by Crippen LogP contribution is 2.31. The molecule has 28 heavy (non-hydrogen) atoms. The predicted molar refractivity (Wildman–Crippen MR) is 117 cm³/mol. The Morgan fingerprint density at radius 3 is 2.14 bits per heavy atom. The van der Waals surface area contributed by atoms with Crippen molar-refractivity contribution >= 4 is 38.6 Å². The SMILES string of the molecule is CCN(CC)c1ccc(S(=O)(=O)N(CC)CC)cc1NC(=O)c1ccc(C)s1. The number of carbonyl (C=O) groups is 1. The number of amides is 1. The van der Waals surface area contributed by atoms with Gasteiger partial charge in [0.05, 0.1) is 21.1 Å². The van der Waals surface area contributed by atoms with Crippen LogP contribution >= 0.6 is 11.3 Å². The van der Waals surface area contributed by atoms with Crippen molar-refractivity contribution in [1.82, 2.24) is 4.31 Å². The minimum absolute atomic E-state index is 0.185. The van der Waals surface area contributed by atoms with Gasteiger partial charge in [0.25, 0.3) is 5.91 Å². The Morgan fingerprint density at radius 2 is 1.64 bits per heavy atom. The number of hydrogen-bond acceptors (Lipinski definition) is 5. The molecule has 1 aromatic carbocycles. The van der Waals surface area contributed by atoms with E-state index in [4.69, 9.17) is 0 Å². The molecule has 0 fully saturated rings. The largest absolute Gasteiger partial charge is 0.370 e. The molecule has 2 rings (SSSR count). The lowest BCUT2D eigenvalue weighted by molar-refractivity contribution is 0.103. The Morgan fingerprint density at radius 1 is 1.00 bits per heavy atom. The topological polar surface area (TPSA) is 69.7 Å². The fraction of sp³-hybridized carbons (Fsp3) is 0.450. The number of sulfonamides is 1. The lowest BCUT2D eigenvalue weighted by atomic mass is 10.2. The molecule has 2 aromatic rings. The molecular formula is C20H29N3O3S2. The lowest BCUT2D eigenvalue weighted by Crippen LogP contribution is -2.31. The van der Waals surface area contributed by atoms with Gasteiger partial charge < -0.3 is 10.2 Å². The highest BCUT2D eigenvalue weighted by Gasteiger charge is 2.24. The molecule has 6 nitrogen and oxygen atoms in total. The Hall–Kier alpha value is -1.90. The molecule has 154 valence electrons. The van der Waals surface area contributed by atoms with Crippen molar-refractivity contribution in [3.05, 3.63) is 40.1 Å². The first-order chi connectivity index (χ1) is 13.3. The number of thiophene rings is 1. The van der Waals surface area contributed by atoms with Gasteiger partial charge in [-0.05, 0) is 51.1 Å². The van der Waals surface area contributed by atoms with Crippen LogP contribution in [-0.4, -0.2) is 44.8 Å². The van der Waals surface area contributed by atoms with Crippen LogP contribution in [0.4, 0.5) is 11.4 Å². The molecule has 1 heterocycles. The first-order valence-corrected chi connectivity index (χ1v) is 11.8. The summed E-state index contributed by atoms with van der Waals surface area (Å²) in [5.74, 6) is -0.233. The minimum Gasteiger partial charge on any atom is -0.370 e. The monoisotopic (exact) mass is 423 g/mol. The second kappa shape index (κ2) is 9.54. The Bertz CT molecular complexity index is 915. The van der Waals surface area contributed by atoms with E-state index in [1.165, 1.54) is 15.6 Å². The summed E-state index contributed by atoms with van der Waals surface area (Å²) in [5, 5.41) is 2.92. The van der Waals surface area contributed by atoms with E-state index < -0.39 is 10.0 Å². The van der Waals surface area contributed by atoms with Crippen molar-refractivity contribution in [2.45, 2.75) is 39.5 Å². The summed E-state index contributed by atoms with van der Waals surface area (Å²) < 4.78 is 27.3. The van der Waals surface area contributed by atoms with Crippen LogP contribution in [0.3, 0.4) is 0 Å². The number of carbonyl (C=O) groups excluding carboxylic acids is 1. The molecule has 0 saturated carbocycles. The van der Waals surface area contributed by atoms with E-state index in [2.05, 4.69) is 10.2 Å². The molecule has 1 amide bonds. The first kappa shape index (κ1) is 22.4. The summed E-state index contributed by atoms with van der Waals surface area (Å²) in [5.41, 5.74) is 1.32. The lowest BCUT2D eigenvalue weighted by Gasteiger charge is -2.25. The van der Waals surface area contributed by atoms with Crippen molar-refractivity contribution in [3.63, 3.8) is 0 Å². The van der Waals surface area contributed by atoms with Crippen molar-refractivity contribution in [1.29, 1.82) is 0 Å². The van der Waals surface area contributed by atoms with Gasteiger partial charge in [-0.25, -0.2) is 8.42 Å². The van der Waals surface area contributed by atoms with Crippen molar-refractivity contribution < 1.29 is 13.2 Å². The van der Waals surface area contributed by atoms with Crippen LogP contribution in [-0.2, 0) is 10.0 Å². The standard InChI is InChI=1S/C20H29N3O3S2/c1-6-22(7-2)18-12-11-16(28(25,26)23(8-3)9-4)14-17(18)21-20(24)19-13-10-15(5)27-19/h10-14H,6-9H2,1-5H3,(H,21,24). The maximum atomic E-state index is 12.9. The summed E-state index contributed by atoms with van der Waals surface area (Å²) in [6, 6.07) is 8.64. The van der Waals surface area contributed by atoms with Crippen molar-refractivity contribution in [2.75, 3.05) is 36.4 Å². The zero-order valence-electron chi connectivity index (χ0n) is 17.2. The molecule has 1 N–H and O–H groups in total. The molecule has 0 radical (unpaired) electrons. The number of anilines is 2. The highest BCUT2D eigenvalue weighted by atomic mass is 32.2. The average Bonchev–Trinajstić information content (AvgIpc) is 3.11. The predicted octanol–water partition coefficient (Wildman–Crippen LogP) is 4.19. The van der Waals surface area contributed by atoms with Gasteiger partial charge >= 0.3 is 0 Å². The Kier molecular flexibility index (Phi) is 7.63. The van der Waals surface area contributed by atoms with Crippen LogP contribution < -0.4 is 10.2 Å². The third-order valence-corrected chi connectivity index (χ3v) is 7.67. The fourth-order valence-corrected chi connectivity index (χ4v) is 5.32. The maximum absolute atomic E-state index is 12.9. The van der Waals surface area contributed by atoms with Gasteiger partial charge in [-0.3, -0.25) is 4.79 Å². The van der Waals surface area contributed by atoms with E-state index >= 15 is 0 Å². The number of hydrogen-bond donors (Lipinski definition) is 1. The van der Waals surface area contributed by atoms with Gasteiger partial charge in [0.1, 0.15) is 0 Å². The van der Waals surface area contributed by atoms with Crippen LogP contribution in [0.1, 0.15) is 42.2 Å². The van der Waals surface area contributed by atoms with E-state index in [0.717, 1.165) is 23.7 Å². The van der Waals surface area contributed by atoms with Crippen LogP contribution in [0.2, 0.25) is 0 Å². The third-order valence-electron chi connectivity index (χ3n) is 4.63. The summed E-state index contributed by atoms with van der Waals surface area (Å²) in [4.78, 5) is 16.6. The number of aryl methyl sites for hydroxylation is 1. The van der Waals surface area contributed by atoms with Gasteiger partial charge in [-0.1, -0.05) is 13.8 Å². The number of rotatable bonds is 9. The zero-order chi connectivity index (χ0) is 20.9. The number of nitrogens with one attached hydrogen (secondary N) is 1. The molecule has 0 saturated heterocycles. The van der Waals surface area contributed by atoms with Gasteiger partial charge in [0.15, 0.2) is 0 Å². The van der Waals surface area contributed by atoms with Crippen LogP contribution in [0, 0.1) is 6.92 Å². The molecule has 8 heteroatoms. The molecule has 0 atom stereocenters. The smallest absolute Gasteiger partial charge is 0.265 e. The number of nitrogens with zero attached hydrogens (tertiary/aromatic N) is 2. The normalized spacial score (nSPS) is 11.6. The third kappa shape index (κ3) is 4.74. The summed E-state index contributed by atoms with van der Waals surface area (Å²) in [6.45, 7) is 11.9. The van der Waals surface area contributed by atoms with Gasteiger partial charge in [-0.2, -0.15) is 4.31 Å². The molecule has 0 aliphatic carbocycles. The highest BCUT2D eigenvalue weighted by molar-refractivity contribution is 7.89. The van der Waals surface area contributed by atoms with Crippen LogP contribution in [0.15, 0.2) is 35.2 Å². The second-order valence-corrected chi connectivity index (χ2v) is 9.53. The summed E-state index contributed by atoms with van der Waals surface area (Å²) in [7, 11) is -3.61. The molecule has 0 spiro atoms. The van der Waals surface area contributed by atoms with Crippen molar-refractivity contribution in [2.24, 2.45) is 0 Å².